The lowest BCUT2D eigenvalue weighted by Crippen LogP contribution is -2.29. The zero-order valence-electron chi connectivity index (χ0n) is 19.3. The summed E-state index contributed by atoms with van der Waals surface area (Å²) in [5.41, 5.74) is 4.85. The molecule has 1 aliphatic heterocycles. The summed E-state index contributed by atoms with van der Waals surface area (Å²) in [4.78, 5) is 18.4. The van der Waals surface area contributed by atoms with Gasteiger partial charge in [0.05, 0.1) is 41.6 Å². The second kappa shape index (κ2) is 9.43. The number of benzene rings is 3. The maximum atomic E-state index is 13.5. The van der Waals surface area contributed by atoms with Gasteiger partial charge in [-0.25, -0.2) is 9.78 Å². The number of rotatable bonds is 7. The Morgan fingerprint density at radius 1 is 1.00 bits per heavy atom. The smallest absolute Gasteiger partial charge is 0.338 e. The van der Waals surface area contributed by atoms with Gasteiger partial charge >= 0.3 is 5.97 Å². The number of fused-ring (bicyclic) bond motifs is 3. The zero-order valence-corrected chi connectivity index (χ0v) is 19.3. The van der Waals surface area contributed by atoms with Crippen molar-refractivity contribution in [3.8, 4) is 5.75 Å². The van der Waals surface area contributed by atoms with E-state index in [1.54, 1.807) is 0 Å². The van der Waals surface area contributed by atoms with Crippen LogP contribution in [0.4, 0.5) is 5.95 Å². The van der Waals surface area contributed by atoms with Crippen molar-refractivity contribution in [2.45, 2.75) is 26.3 Å². The normalized spacial score (nSPS) is 15.1. The molecule has 1 N–H and O–H groups in total. The first-order valence-electron chi connectivity index (χ1n) is 11.6. The van der Waals surface area contributed by atoms with E-state index >= 15 is 0 Å². The van der Waals surface area contributed by atoms with Crippen LogP contribution < -0.4 is 10.1 Å². The molecular weight excluding hydrogens is 426 g/mol. The number of esters is 1. The Bertz CT molecular complexity index is 1360. The molecule has 3 aromatic carbocycles. The summed E-state index contributed by atoms with van der Waals surface area (Å²) in [5, 5.41) is 3.44. The molecule has 0 fully saturated rings. The lowest BCUT2D eigenvalue weighted by Gasteiger charge is -2.31. The van der Waals surface area contributed by atoms with Crippen LogP contribution in [0.15, 0.2) is 84.4 Å². The summed E-state index contributed by atoms with van der Waals surface area (Å²) >= 11 is 0. The quantitative estimate of drug-likeness (QED) is 0.358. The van der Waals surface area contributed by atoms with Gasteiger partial charge in [-0.05, 0) is 48.7 Å². The first-order chi connectivity index (χ1) is 16.7. The summed E-state index contributed by atoms with van der Waals surface area (Å²) in [5.74, 6) is 1.09. The third-order valence-corrected chi connectivity index (χ3v) is 5.84. The molecule has 0 radical (unpaired) electrons. The molecule has 0 saturated heterocycles. The van der Waals surface area contributed by atoms with Gasteiger partial charge in [-0.15, -0.1) is 0 Å². The van der Waals surface area contributed by atoms with E-state index in [0.29, 0.717) is 23.8 Å². The first kappa shape index (κ1) is 21.8. The fourth-order valence-corrected chi connectivity index (χ4v) is 4.40. The number of nitrogens with one attached hydrogen (secondary N) is 1. The molecule has 0 aliphatic carbocycles. The van der Waals surface area contributed by atoms with Gasteiger partial charge in [-0.1, -0.05) is 61.5 Å². The molecule has 4 aromatic rings. The van der Waals surface area contributed by atoms with Crippen LogP contribution in [0.3, 0.4) is 0 Å². The third-order valence-electron chi connectivity index (χ3n) is 5.84. The molecule has 1 aliphatic rings. The number of carbonyl (C=O) groups is 1. The Morgan fingerprint density at radius 3 is 2.59 bits per heavy atom. The Kier molecular flexibility index (Phi) is 6.04. The maximum absolute atomic E-state index is 13.5. The van der Waals surface area contributed by atoms with Crippen molar-refractivity contribution in [3.05, 3.63) is 95.6 Å². The minimum Gasteiger partial charge on any atom is -0.494 e. The molecule has 5 rings (SSSR count). The van der Waals surface area contributed by atoms with Gasteiger partial charge in [0.2, 0.25) is 5.95 Å². The minimum absolute atomic E-state index is 0.286. The van der Waals surface area contributed by atoms with E-state index in [1.165, 1.54) is 0 Å². The van der Waals surface area contributed by atoms with Crippen LogP contribution in [0.2, 0.25) is 0 Å². The molecule has 6 heteroatoms. The van der Waals surface area contributed by atoms with E-state index in [1.807, 2.05) is 85.8 Å². The zero-order chi connectivity index (χ0) is 23.5. The van der Waals surface area contributed by atoms with Crippen molar-refractivity contribution < 1.29 is 14.3 Å². The SMILES string of the molecule is CCCOc1cccc(C2C(C(=O)OCC)=C(c3ccccc3)Nc3nc4ccccc4n32)c1. The van der Waals surface area contributed by atoms with Crippen molar-refractivity contribution in [1.82, 2.24) is 9.55 Å². The Morgan fingerprint density at radius 2 is 1.79 bits per heavy atom. The van der Waals surface area contributed by atoms with Crippen LogP contribution in [-0.4, -0.2) is 28.7 Å². The van der Waals surface area contributed by atoms with E-state index in [0.717, 1.165) is 34.3 Å². The summed E-state index contributed by atoms with van der Waals surface area (Å²) in [7, 11) is 0. The van der Waals surface area contributed by atoms with E-state index in [2.05, 4.69) is 16.8 Å². The Balaban J connectivity index is 1.78. The number of anilines is 1. The van der Waals surface area contributed by atoms with Crippen molar-refractivity contribution in [3.63, 3.8) is 0 Å². The van der Waals surface area contributed by atoms with E-state index in [9.17, 15) is 4.79 Å². The number of imidazole rings is 1. The molecule has 1 unspecified atom stereocenters. The number of aromatic nitrogens is 2. The highest BCUT2D eigenvalue weighted by atomic mass is 16.5. The van der Waals surface area contributed by atoms with Crippen LogP contribution in [0.25, 0.3) is 16.7 Å². The van der Waals surface area contributed by atoms with Gasteiger partial charge in [0.15, 0.2) is 0 Å². The molecule has 6 nitrogen and oxygen atoms in total. The molecule has 0 saturated carbocycles. The lowest BCUT2D eigenvalue weighted by atomic mass is 9.92. The summed E-state index contributed by atoms with van der Waals surface area (Å²) in [6, 6.07) is 25.3. The average molecular weight is 454 g/mol. The fourth-order valence-electron chi connectivity index (χ4n) is 4.40. The molecule has 1 aromatic heterocycles. The molecule has 0 bridgehead atoms. The Labute approximate surface area is 198 Å². The van der Waals surface area contributed by atoms with Crippen molar-refractivity contribution >= 4 is 28.6 Å². The van der Waals surface area contributed by atoms with Crippen molar-refractivity contribution in [1.29, 1.82) is 0 Å². The van der Waals surface area contributed by atoms with Gasteiger partial charge in [-0.2, -0.15) is 0 Å². The van der Waals surface area contributed by atoms with Gasteiger partial charge in [0.1, 0.15) is 5.75 Å². The van der Waals surface area contributed by atoms with Crippen molar-refractivity contribution in [2.24, 2.45) is 0 Å². The highest BCUT2D eigenvalue weighted by molar-refractivity contribution is 6.03. The number of carbonyl (C=O) groups excluding carboxylic acids is 1. The standard InChI is InChI=1S/C28H27N3O3/c1-3-17-34-21-14-10-13-20(18-21)26-24(27(32)33-4-2)25(19-11-6-5-7-12-19)30-28-29-22-15-8-9-16-23(22)31(26)28/h5-16,18,26H,3-4,17H2,1-2H3,(H,29,30). The van der Waals surface area contributed by atoms with Crippen LogP contribution in [0.1, 0.15) is 37.4 Å². The van der Waals surface area contributed by atoms with E-state index < -0.39 is 6.04 Å². The van der Waals surface area contributed by atoms with Crippen LogP contribution in [0.5, 0.6) is 5.75 Å². The Hall–Kier alpha value is -4.06. The van der Waals surface area contributed by atoms with Gasteiger partial charge in [-0.3, -0.25) is 4.57 Å². The summed E-state index contributed by atoms with van der Waals surface area (Å²) in [6.45, 7) is 4.82. The number of hydrogen-bond acceptors (Lipinski definition) is 5. The summed E-state index contributed by atoms with van der Waals surface area (Å²) < 4.78 is 13.6. The highest BCUT2D eigenvalue weighted by Crippen LogP contribution is 2.42. The monoisotopic (exact) mass is 453 g/mol. The van der Waals surface area contributed by atoms with Crippen LogP contribution in [-0.2, 0) is 9.53 Å². The van der Waals surface area contributed by atoms with Gasteiger partial charge in [0.25, 0.3) is 0 Å². The predicted molar refractivity (Wildman–Crippen MR) is 134 cm³/mol. The average Bonchev–Trinajstić information content (AvgIpc) is 3.25. The minimum atomic E-state index is -0.442. The molecule has 1 atom stereocenters. The van der Waals surface area contributed by atoms with Gasteiger partial charge < -0.3 is 14.8 Å². The number of hydrogen-bond donors (Lipinski definition) is 1. The largest absolute Gasteiger partial charge is 0.494 e. The van der Waals surface area contributed by atoms with Crippen LogP contribution in [0, 0.1) is 0 Å². The molecule has 0 spiro atoms. The third kappa shape index (κ3) is 3.92. The first-order valence-corrected chi connectivity index (χ1v) is 11.6. The molecule has 0 amide bonds. The van der Waals surface area contributed by atoms with E-state index in [-0.39, 0.29) is 12.6 Å². The van der Waals surface area contributed by atoms with E-state index in [4.69, 9.17) is 14.5 Å². The molecule has 34 heavy (non-hydrogen) atoms. The maximum Gasteiger partial charge on any atom is 0.338 e. The lowest BCUT2D eigenvalue weighted by molar-refractivity contribution is -0.138. The second-order valence-electron chi connectivity index (χ2n) is 8.12. The topological polar surface area (TPSA) is 65.4 Å². The molecule has 2 heterocycles. The second-order valence-corrected chi connectivity index (χ2v) is 8.12. The summed E-state index contributed by atoms with van der Waals surface area (Å²) in [6.07, 6.45) is 0.917. The highest BCUT2D eigenvalue weighted by Gasteiger charge is 2.36. The number of nitrogens with zero attached hydrogens (tertiary/aromatic N) is 2. The molecular formula is C28H27N3O3. The fraction of sp³-hybridized carbons (Fsp3) is 0.214. The number of para-hydroxylation sites is 2. The number of ether oxygens (including phenoxy) is 2. The predicted octanol–water partition coefficient (Wildman–Crippen LogP) is 5.81. The molecule has 172 valence electrons. The van der Waals surface area contributed by atoms with Gasteiger partial charge in [0, 0.05) is 0 Å². The van der Waals surface area contributed by atoms with Crippen molar-refractivity contribution in [2.75, 3.05) is 18.5 Å². The van der Waals surface area contributed by atoms with Crippen LogP contribution >= 0.6 is 0 Å².